The van der Waals surface area contributed by atoms with Crippen molar-refractivity contribution in [3.05, 3.63) is 57.5 Å². The topological polar surface area (TPSA) is 40.6 Å². The third-order valence-electron chi connectivity index (χ3n) is 6.07. The fourth-order valence-electron chi connectivity index (χ4n) is 4.09. The van der Waals surface area contributed by atoms with Crippen LogP contribution >= 0.6 is 11.3 Å². The number of benzene rings is 1. The maximum Gasteiger partial charge on any atom is 0.242 e. The SMILES string of the molecule is CCCCN(CC(=O)N(Cc1ccc(F)cc1)Cc1sccc1C)C(=O)C1CCCC1. The molecule has 0 saturated heterocycles. The number of hydrogen-bond acceptors (Lipinski definition) is 3. The summed E-state index contributed by atoms with van der Waals surface area (Å²) in [7, 11) is 0. The summed E-state index contributed by atoms with van der Waals surface area (Å²) in [6, 6.07) is 8.33. The molecule has 1 fully saturated rings. The van der Waals surface area contributed by atoms with Crippen LogP contribution in [-0.2, 0) is 22.7 Å². The van der Waals surface area contributed by atoms with E-state index in [2.05, 4.69) is 13.0 Å². The smallest absolute Gasteiger partial charge is 0.242 e. The summed E-state index contributed by atoms with van der Waals surface area (Å²) in [5.41, 5.74) is 2.04. The van der Waals surface area contributed by atoms with Crippen LogP contribution in [0.2, 0.25) is 0 Å². The van der Waals surface area contributed by atoms with E-state index in [0.717, 1.165) is 54.5 Å². The van der Waals surface area contributed by atoms with Gasteiger partial charge in [0.1, 0.15) is 5.82 Å². The number of amides is 2. The minimum Gasteiger partial charge on any atom is -0.333 e. The van der Waals surface area contributed by atoms with Gasteiger partial charge in [0.2, 0.25) is 11.8 Å². The molecule has 1 aromatic carbocycles. The summed E-state index contributed by atoms with van der Waals surface area (Å²) in [5.74, 6) is -0.147. The zero-order valence-electron chi connectivity index (χ0n) is 18.6. The Morgan fingerprint density at radius 2 is 1.77 bits per heavy atom. The first-order valence-corrected chi connectivity index (χ1v) is 12.2. The maximum absolute atomic E-state index is 13.4. The zero-order chi connectivity index (χ0) is 22.2. The van der Waals surface area contributed by atoms with Gasteiger partial charge in [-0.1, -0.05) is 38.3 Å². The molecule has 1 aliphatic rings. The molecule has 1 aromatic heterocycles. The quantitative estimate of drug-likeness (QED) is 0.482. The number of unbranched alkanes of at least 4 members (excludes halogenated alkanes) is 1. The van der Waals surface area contributed by atoms with E-state index in [4.69, 9.17) is 0 Å². The largest absolute Gasteiger partial charge is 0.333 e. The first-order valence-electron chi connectivity index (χ1n) is 11.3. The van der Waals surface area contributed by atoms with Gasteiger partial charge in [-0.05, 0) is 60.9 Å². The highest BCUT2D eigenvalue weighted by atomic mass is 32.1. The number of carbonyl (C=O) groups is 2. The second-order valence-electron chi connectivity index (χ2n) is 8.50. The molecule has 2 aromatic rings. The fourth-order valence-corrected chi connectivity index (χ4v) is 5.01. The third kappa shape index (κ3) is 6.63. The Morgan fingerprint density at radius 1 is 1.06 bits per heavy atom. The lowest BCUT2D eigenvalue weighted by atomic mass is 10.1. The molecule has 0 aliphatic heterocycles. The third-order valence-corrected chi connectivity index (χ3v) is 7.07. The summed E-state index contributed by atoms with van der Waals surface area (Å²) in [6.07, 6.45) is 5.94. The highest BCUT2D eigenvalue weighted by Gasteiger charge is 2.29. The van der Waals surface area contributed by atoms with E-state index in [1.165, 1.54) is 12.1 Å². The molecule has 168 valence electrons. The van der Waals surface area contributed by atoms with Crippen LogP contribution in [0.5, 0.6) is 0 Å². The lowest BCUT2D eigenvalue weighted by Gasteiger charge is -2.29. The van der Waals surface area contributed by atoms with Crippen molar-refractivity contribution in [3.63, 3.8) is 0 Å². The number of rotatable bonds is 10. The molecule has 0 spiro atoms. The van der Waals surface area contributed by atoms with Crippen molar-refractivity contribution in [2.24, 2.45) is 5.92 Å². The second kappa shape index (κ2) is 11.4. The van der Waals surface area contributed by atoms with Crippen LogP contribution in [0.25, 0.3) is 0 Å². The average Bonchev–Trinajstić information content (AvgIpc) is 3.44. The van der Waals surface area contributed by atoms with E-state index in [9.17, 15) is 14.0 Å². The first kappa shape index (κ1) is 23.5. The molecule has 2 amide bonds. The Kier molecular flexibility index (Phi) is 8.64. The molecule has 31 heavy (non-hydrogen) atoms. The van der Waals surface area contributed by atoms with Crippen molar-refractivity contribution >= 4 is 23.2 Å². The Morgan fingerprint density at radius 3 is 2.39 bits per heavy atom. The van der Waals surface area contributed by atoms with E-state index in [1.807, 2.05) is 12.3 Å². The minimum atomic E-state index is -0.288. The van der Waals surface area contributed by atoms with Gasteiger partial charge in [-0.2, -0.15) is 0 Å². The van der Waals surface area contributed by atoms with E-state index in [-0.39, 0.29) is 30.1 Å². The van der Waals surface area contributed by atoms with Gasteiger partial charge in [-0.25, -0.2) is 4.39 Å². The second-order valence-corrected chi connectivity index (χ2v) is 9.50. The summed E-state index contributed by atoms with van der Waals surface area (Å²) in [5, 5.41) is 2.03. The molecular formula is C25H33FN2O2S. The number of halogens is 1. The Hall–Kier alpha value is -2.21. The molecule has 6 heteroatoms. The van der Waals surface area contributed by atoms with E-state index < -0.39 is 0 Å². The van der Waals surface area contributed by atoms with Crippen LogP contribution in [0, 0.1) is 18.7 Å². The van der Waals surface area contributed by atoms with Gasteiger partial charge < -0.3 is 9.80 Å². The van der Waals surface area contributed by atoms with Crippen molar-refractivity contribution in [1.29, 1.82) is 0 Å². The molecule has 1 saturated carbocycles. The van der Waals surface area contributed by atoms with Gasteiger partial charge in [-0.3, -0.25) is 9.59 Å². The standard InChI is InChI=1S/C25H33FN2O2S/c1-3-4-14-27(25(30)21-7-5-6-8-21)18-24(29)28(17-23-19(2)13-15-31-23)16-20-9-11-22(26)12-10-20/h9-13,15,21H,3-8,14,16-18H2,1-2H3. The van der Waals surface area contributed by atoms with Crippen molar-refractivity contribution in [2.75, 3.05) is 13.1 Å². The summed E-state index contributed by atoms with van der Waals surface area (Å²) < 4.78 is 13.3. The average molecular weight is 445 g/mol. The summed E-state index contributed by atoms with van der Waals surface area (Å²) >= 11 is 1.63. The number of thiophene rings is 1. The molecule has 0 radical (unpaired) electrons. The molecule has 0 N–H and O–H groups in total. The normalized spacial score (nSPS) is 14.0. The number of nitrogens with zero attached hydrogens (tertiary/aromatic N) is 2. The zero-order valence-corrected chi connectivity index (χ0v) is 19.4. The Balaban J connectivity index is 1.76. The summed E-state index contributed by atoms with van der Waals surface area (Å²) in [6.45, 7) is 5.78. The van der Waals surface area contributed by atoms with Crippen molar-refractivity contribution < 1.29 is 14.0 Å². The molecule has 0 unspecified atom stereocenters. The van der Waals surface area contributed by atoms with Gasteiger partial charge in [0.05, 0.1) is 13.1 Å². The Labute approximate surface area is 189 Å². The highest BCUT2D eigenvalue weighted by Crippen LogP contribution is 2.27. The van der Waals surface area contributed by atoms with Crippen LogP contribution in [-0.4, -0.2) is 34.7 Å². The number of aryl methyl sites for hydroxylation is 1. The van der Waals surface area contributed by atoms with Gasteiger partial charge in [-0.15, -0.1) is 11.3 Å². The fraction of sp³-hybridized carbons (Fsp3) is 0.520. The van der Waals surface area contributed by atoms with Crippen molar-refractivity contribution in [3.8, 4) is 0 Å². The van der Waals surface area contributed by atoms with Crippen molar-refractivity contribution in [2.45, 2.75) is 65.5 Å². The molecule has 0 atom stereocenters. The van der Waals surface area contributed by atoms with Crippen LogP contribution in [0.4, 0.5) is 4.39 Å². The van der Waals surface area contributed by atoms with E-state index in [1.54, 1.807) is 33.3 Å². The first-order chi connectivity index (χ1) is 15.0. The number of carbonyl (C=O) groups excluding carboxylic acids is 2. The molecular weight excluding hydrogens is 411 g/mol. The predicted octanol–water partition coefficient (Wildman–Crippen LogP) is 5.54. The molecule has 3 rings (SSSR count). The van der Waals surface area contributed by atoms with Crippen LogP contribution in [0.1, 0.15) is 61.5 Å². The van der Waals surface area contributed by atoms with Crippen LogP contribution < -0.4 is 0 Å². The highest BCUT2D eigenvalue weighted by molar-refractivity contribution is 7.10. The minimum absolute atomic E-state index is 0.0559. The van der Waals surface area contributed by atoms with E-state index >= 15 is 0 Å². The van der Waals surface area contributed by atoms with Gasteiger partial charge in [0, 0.05) is 23.9 Å². The van der Waals surface area contributed by atoms with Crippen molar-refractivity contribution in [1.82, 2.24) is 9.80 Å². The van der Waals surface area contributed by atoms with Gasteiger partial charge in [0.25, 0.3) is 0 Å². The summed E-state index contributed by atoms with van der Waals surface area (Å²) in [4.78, 5) is 31.2. The maximum atomic E-state index is 13.4. The lowest BCUT2D eigenvalue weighted by Crippen LogP contribution is -2.44. The van der Waals surface area contributed by atoms with E-state index in [0.29, 0.717) is 19.6 Å². The Bertz CT molecular complexity index is 859. The lowest BCUT2D eigenvalue weighted by molar-refractivity contribution is -0.143. The van der Waals surface area contributed by atoms with Gasteiger partial charge in [0.15, 0.2) is 0 Å². The monoisotopic (exact) mass is 444 g/mol. The molecule has 0 bridgehead atoms. The molecule has 1 aliphatic carbocycles. The number of hydrogen-bond donors (Lipinski definition) is 0. The predicted molar refractivity (Wildman–Crippen MR) is 123 cm³/mol. The molecule has 4 nitrogen and oxygen atoms in total. The van der Waals surface area contributed by atoms with Crippen LogP contribution in [0.3, 0.4) is 0 Å². The molecule has 1 heterocycles. The van der Waals surface area contributed by atoms with Gasteiger partial charge >= 0.3 is 0 Å². The van der Waals surface area contributed by atoms with Crippen LogP contribution in [0.15, 0.2) is 35.7 Å².